The Morgan fingerprint density at radius 1 is 0.296 bits per heavy atom. The Morgan fingerprint density at radius 2 is 0.563 bits per heavy atom. The van der Waals surface area contributed by atoms with E-state index < -0.39 is 6.10 Å². The van der Waals surface area contributed by atoms with E-state index in [2.05, 4.69) is 142 Å². The van der Waals surface area contributed by atoms with Crippen LogP contribution >= 0.6 is 0 Å². The molecule has 6 heteroatoms. The van der Waals surface area contributed by atoms with Crippen LogP contribution in [0.2, 0.25) is 0 Å². The lowest BCUT2D eigenvalue weighted by Gasteiger charge is -2.18. The summed E-state index contributed by atoms with van der Waals surface area (Å²) in [5.41, 5.74) is 0. The first kappa shape index (κ1) is 66.8. The van der Waals surface area contributed by atoms with E-state index in [0.717, 1.165) is 109 Å². The van der Waals surface area contributed by atoms with Gasteiger partial charge in [-0.15, -0.1) is 0 Å². The minimum Gasteiger partial charge on any atom is -0.462 e. The molecule has 0 saturated carbocycles. The van der Waals surface area contributed by atoms with Crippen LogP contribution in [-0.2, 0) is 28.6 Å². The van der Waals surface area contributed by atoms with Crippen LogP contribution in [0.5, 0.6) is 0 Å². The van der Waals surface area contributed by atoms with E-state index in [1.165, 1.54) is 96.3 Å². The minimum absolute atomic E-state index is 0.117. The van der Waals surface area contributed by atoms with Crippen molar-refractivity contribution >= 4 is 17.9 Å². The number of ether oxygens (including phenoxy) is 3. The molecule has 0 aliphatic heterocycles. The fourth-order valence-electron chi connectivity index (χ4n) is 7.57. The van der Waals surface area contributed by atoms with Crippen molar-refractivity contribution in [2.75, 3.05) is 13.2 Å². The molecule has 71 heavy (non-hydrogen) atoms. The SMILES string of the molecule is CC/C=C\C/C=C\C/C=C\C/C=C\C/C=C\CCCCCC(=O)OC[C@H](COC(=O)CCC/C=C\C/C=C\C/C=C\CCCCCCCC)OC(=O)CCCCCCCCC/C=C\C/C=C\CCCCC. The molecule has 0 aliphatic rings. The summed E-state index contributed by atoms with van der Waals surface area (Å²) >= 11 is 0. The van der Waals surface area contributed by atoms with Gasteiger partial charge in [-0.2, -0.15) is 0 Å². The second-order valence-electron chi connectivity index (χ2n) is 18.8. The third kappa shape index (κ3) is 56.6. The average Bonchev–Trinajstić information content (AvgIpc) is 3.37. The summed E-state index contributed by atoms with van der Waals surface area (Å²) in [5, 5.41) is 0. The summed E-state index contributed by atoms with van der Waals surface area (Å²) in [6.45, 7) is 6.41. The smallest absolute Gasteiger partial charge is 0.306 e. The van der Waals surface area contributed by atoms with Crippen LogP contribution in [0.15, 0.2) is 122 Å². The van der Waals surface area contributed by atoms with E-state index >= 15 is 0 Å². The van der Waals surface area contributed by atoms with Crippen molar-refractivity contribution in [2.45, 2.75) is 258 Å². The number of carbonyl (C=O) groups is 3. The van der Waals surface area contributed by atoms with Gasteiger partial charge in [0, 0.05) is 19.3 Å². The highest BCUT2D eigenvalue weighted by Crippen LogP contribution is 2.13. The van der Waals surface area contributed by atoms with Gasteiger partial charge in [0.25, 0.3) is 0 Å². The maximum absolute atomic E-state index is 12.9. The lowest BCUT2D eigenvalue weighted by Crippen LogP contribution is -2.30. The minimum atomic E-state index is -0.821. The van der Waals surface area contributed by atoms with Gasteiger partial charge in [-0.05, 0) is 128 Å². The van der Waals surface area contributed by atoms with Crippen LogP contribution in [0.3, 0.4) is 0 Å². The molecule has 0 aliphatic carbocycles. The van der Waals surface area contributed by atoms with Crippen molar-refractivity contribution in [3.05, 3.63) is 122 Å². The molecular formula is C65H106O6. The molecule has 0 aromatic rings. The van der Waals surface area contributed by atoms with Crippen molar-refractivity contribution in [3.8, 4) is 0 Å². The zero-order chi connectivity index (χ0) is 51.4. The lowest BCUT2D eigenvalue weighted by atomic mass is 10.1. The third-order valence-electron chi connectivity index (χ3n) is 11.9. The third-order valence-corrected chi connectivity index (χ3v) is 11.9. The average molecular weight is 984 g/mol. The number of hydrogen-bond acceptors (Lipinski definition) is 6. The maximum Gasteiger partial charge on any atom is 0.306 e. The van der Waals surface area contributed by atoms with Gasteiger partial charge in [-0.25, -0.2) is 0 Å². The Kier molecular flexibility index (Phi) is 54.9. The number of carbonyl (C=O) groups excluding carboxylic acids is 3. The van der Waals surface area contributed by atoms with Gasteiger partial charge in [-0.1, -0.05) is 226 Å². The molecule has 0 aromatic carbocycles. The van der Waals surface area contributed by atoms with Crippen molar-refractivity contribution in [2.24, 2.45) is 0 Å². The Bertz CT molecular complexity index is 1500. The molecule has 0 unspecified atom stereocenters. The van der Waals surface area contributed by atoms with Crippen LogP contribution in [0.1, 0.15) is 252 Å². The maximum atomic E-state index is 12.9. The zero-order valence-electron chi connectivity index (χ0n) is 45.9. The quantitative estimate of drug-likeness (QED) is 0.0261. The van der Waals surface area contributed by atoms with Crippen molar-refractivity contribution in [1.29, 1.82) is 0 Å². The van der Waals surface area contributed by atoms with Crippen LogP contribution in [-0.4, -0.2) is 37.2 Å². The van der Waals surface area contributed by atoms with Crippen LogP contribution in [0, 0.1) is 0 Å². The van der Waals surface area contributed by atoms with E-state index in [1.54, 1.807) is 0 Å². The summed E-state index contributed by atoms with van der Waals surface area (Å²) in [6.07, 6.45) is 80.5. The van der Waals surface area contributed by atoms with Crippen molar-refractivity contribution in [3.63, 3.8) is 0 Å². The molecule has 0 spiro atoms. The van der Waals surface area contributed by atoms with Gasteiger partial charge < -0.3 is 14.2 Å². The molecular weight excluding hydrogens is 877 g/mol. The van der Waals surface area contributed by atoms with Gasteiger partial charge in [0.15, 0.2) is 6.10 Å². The molecule has 0 bridgehead atoms. The first-order valence-electron chi connectivity index (χ1n) is 29.0. The van der Waals surface area contributed by atoms with Gasteiger partial charge in [-0.3, -0.25) is 14.4 Å². The largest absolute Gasteiger partial charge is 0.462 e. The highest BCUT2D eigenvalue weighted by Gasteiger charge is 2.19. The molecule has 1 atom stereocenters. The molecule has 0 saturated heterocycles. The van der Waals surface area contributed by atoms with E-state index in [1.807, 2.05) is 0 Å². The molecule has 0 fully saturated rings. The van der Waals surface area contributed by atoms with Gasteiger partial charge >= 0.3 is 17.9 Å². The normalized spacial score (nSPS) is 13.0. The molecule has 0 rings (SSSR count). The van der Waals surface area contributed by atoms with E-state index in [0.29, 0.717) is 19.3 Å². The van der Waals surface area contributed by atoms with Crippen LogP contribution in [0.4, 0.5) is 0 Å². The number of hydrogen-bond donors (Lipinski definition) is 0. The second kappa shape index (κ2) is 58.4. The highest BCUT2D eigenvalue weighted by atomic mass is 16.6. The Morgan fingerprint density at radius 3 is 0.958 bits per heavy atom. The van der Waals surface area contributed by atoms with E-state index in [4.69, 9.17) is 14.2 Å². The van der Waals surface area contributed by atoms with Gasteiger partial charge in [0.1, 0.15) is 13.2 Å². The Balaban J connectivity index is 4.55. The molecule has 0 N–H and O–H groups in total. The lowest BCUT2D eigenvalue weighted by molar-refractivity contribution is -0.167. The predicted molar refractivity (Wildman–Crippen MR) is 306 cm³/mol. The Hall–Kier alpha value is -4.19. The summed E-state index contributed by atoms with van der Waals surface area (Å²) in [6, 6.07) is 0. The van der Waals surface area contributed by atoms with E-state index in [9.17, 15) is 14.4 Å². The van der Waals surface area contributed by atoms with Crippen LogP contribution < -0.4 is 0 Å². The second-order valence-corrected chi connectivity index (χ2v) is 18.8. The number of allylic oxidation sites excluding steroid dienone is 20. The molecule has 0 amide bonds. The van der Waals surface area contributed by atoms with Crippen molar-refractivity contribution in [1.82, 2.24) is 0 Å². The van der Waals surface area contributed by atoms with Crippen LogP contribution in [0.25, 0.3) is 0 Å². The number of esters is 3. The zero-order valence-corrected chi connectivity index (χ0v) is 45.9. The summed E-state index contributed by atoms with van der Waals surface area (Å²) in [4.78, 5) is 38.2. The van der Waals surface area contributed by atoms with Crippen molar-refractivity contribution < 1.29 is 28.6 Å². The van der Waals surface area contributed by atoms with Gasteiger partial charge in [0.05, 0.1) is 0 Å². The highest BCUT2D eigenvalue weighted by molar-refractivity contribution is 5.71. The Labute approximate surface area is 437 Å². The summed E-state index contributed by atoms with van der Waals surface area (Å²) in [7, 11) is 0. The van der Waals surface area contributed by atoms with Gasteiger partial charge in [0.2, 0.25) is 0 Å². The van der Waals surface area contributed by atoms with E-state index in [-0.39, 0.29) is 37.5 Å². The number of rotatable bonds is 51. The molecule has 402 valence electrons. The summed E-state index contributed by atoms with van der Waals surface area (Å²) < 4.78 is 16.8. The molecule has 0 heterocycles. The molecule has 6 nitrogen and oxygen atoms in total. The fraction of sp³-hybridized carbons (Fsp3) is 0.646. The first-order chi connectivity index (χ1) is 35.0. The standard InChI is InChI=1S/C65H106O6/c1-4-7-10-13-16-19-22-25-28-31-32-35-37-40-43-46-49-52-55-58-64(67)70-61-62(71-65(68)59-56-53-50-47-44-41-38-34-30-27-24-21-18-15-12-9-6-3)60-69-63(66)57-54-51-48-45-42-39-36-33-29-26-23-20-17-14-11-8-5-2/h7,10,16,18-19,21,25-30,32,35-36,39-40,43,45,48,62H,4-6,8-9,11-15,17,20,22-24,31,33-34,37-38,41-42,44,46-47,49-61H2,1-3H3/b10-7-,19-16-,21-18-,28-25-,29-26-,30-27-,35-32-,39-36-,43-40-,48-45-/t62-/m0/s1. The summed E-state index contributed by atoms with van der Waals surface area (Å²) in [5.74, 6) is -1.01. The molecule has 0 aromatic heterocycles. The molecule has 0 radical (unpaired) electrons. The first-order valence-corrected chi connectivity index (χ1v) is 29.0. The number of unbranched alkanes of at least 4 members (excludes halogenated alkanes) is 20. The predicted octanol–water partition coefficient (Wildman–Crippen LogP) is 19.6. The fourth-order valence-corrected chi connectivity index (χ4v) is 7.57. The monoisotopic (exact) mass is 983 g/mol. The topological polar surface area (TPSA) is 78.9 Å².